The van der Waals surface area contributed by atoms with Crippen LogP contribution in [0.1, 0.15) is 51.3 Å². The van der Waals surface area contributed by atoms with Crippen molar-refractivity contribution in [3.63, 3.8) is 0 Å². The van der Waals surface area contributed by atoms with Crippen LogP contribution in [-0.2, 0) is 18.4 Å². The average molecular weight is 311 g/mol. The molecule has 0 atom stereocenters. The van der Waals surface area contributed by atoms with Gasteiger partial charge in [0.25, 0.3) is 0 Å². The minimum atomic E-state index is 0.399. The molecule has 0 aliphatic rings. The van der Waals surface area contributed by atoms with Crippen molar-refractivity contribution in [2.75, 3.05) is 6.61 Å². The second kappa shape index (κ2) is 8.29. The zero-order valence-corrected chi connectivity index (χ0v) is 13.6. The van der Waals surface area contributed by atoms with Crippen molar-refractivity contribution in [3.8, 4) is 0 Å². The van der Waals surface area contributed by atoms with Crippen molar-refractivity contribution in [2.24, 2.45) is 7.05 Å². The number of aromatic nitrogens is 4. The van der Waals surface area contributed by atoms with E-state index < -0.39 is 0 Å². The van der Waals surface area contributed by atoms with Crippen LogP contribution in [0.3, 0.4) is 0 Å². The van der Waals surface area contributed by atoms with Gasteiger partial charge in [-0.05, 0) is 6.42 Å². The molecule has 21 heavy (non-hydrogen) atoms. The molecular formula is C15H23ClN4O. The lowest BCUT2D eigenvalue weighted by molar-refractivity contribution is 0.111. The molecule has 5 nitrogen and oxygen atoms in total. The van der Waals surface area contributed by atoms with Crippen molar-refractivity contribution < 1.29 is 4.74 Å². The van der Waals surface area contributed by atoms with Crippen LogP contribution in [0.2, 0.25) is 5.15 Å². The third kappa shape index (κ3) is 4.64. The summed E-state index contributed by atoms with van der Waals surface area (Å²) in [5.74, 6) is 0.613. The molecule has 0 radical (unpaired) electrons. The lowest BCUT2D eigenvalue weighted by Crippen LogP contribution is -2.03. The zero-order chi connectivity index (χ0) is 15.1. The van der Waals surface area contributed by atoms with E-state index in [2.05, 4.69) is 22.0 Å². The number of rotatable bonds is 9. The Hall–Kier alpha value is -1.20. The summed E-state index contributed by atoms with van der Waals surface area (Å²) in [6.45, 7) is 3.37. The Morgan fingerprint density at radius 3 is 2.71 bits per heavy atom. The van der Waals surface area contributed by atoms with Crippen molar-refractivity contribution in [2.45, 2.75) is 52.1 Å². The summed E-state index contributed by atoms with van der Waals surface area (Å²) in [6.07, 6.45) is 9.22. The SMILES string of the molecule is CCCCCCCCOCc1nc(Cl)c2cnn(C)c2n1. The Kier molecular flexibility index (Phi) is 6.39. The van der Waals surface area contributed by atoms with E-state index in [-0.39, 0.29) is 0 Å². The number of hydrogen-bond acceptors (Lipinski definition) is 4. The van der Waals surface area contributed by atoms with Crippen LogP contribution in [0.25, 0.3) is 11.0 Å². The predicted molar refractivity (Wildman–Crippen MR) is 84.3 cm³/mol. The second-order valence-electron chi connectivity index (χ2n) is 5.26. The molecule has 0 aliphatic heterocycles. The highest BCUT2D eigenvalue weighted by Gasteiger charge is 2.09. The van der Waals surface area contributed by atoms with E-state index in [1.165, 1.54) is 32.1 Å². The molecule has 0 saturated heterocycles. The molecule has 0 fully saturated rings. The van der Waals surface area contributed by atoms with Gasteiger partial charge in [0.05, 0.1) is 11.6 Å². The largest absolute Gasteiger partial charge is 0.373 e. The van der Waals surface area contributed by atoms with Crippen molar-refractivity contribution in [1.82, 2.24) is 19.7 Å². The van der Waals surface area contributed by atoms with E-state index in [0.717, 1.165) is 24.1 Å². The molecule has 0 bridgehead atoms. The number of ether oxygens (including phenoxy) is 1. The molecule has 0 N–H and O–H groups in total. The van der Waals surface area contributed by atoms with Crippen molar-refractivity contribution in [3.05, 3.63) is 17.2 Å². The van der Waals surface area contributed by atoms with Crippen LogP contribution in [0.15, 0.2) is 6.20 Å². The normalized spacial score (nSPS) is 11.4. The number of halogens is 1. The number of fused-ring (bicyclic) bond motifs is 1. The van der Waals surface area contributed by atoms with Gasteiger partial charge in [0.15, 0.2) is 11.5 Å². The molecule has 2 heterocycles. The van der Waals surface area contributed by atoms with Crippen molar-refractivity contribution in [1.29, 1.82) is 0 Å². The molecule has 6 heteroatoms. The van der Waals surface area contributed by atoms with Gasteiger partial charge in [0, 0.05) is 13.7 Å². The third-order valence-corrected chi connectivity index (χ3v) is 3.75. The molecule has 116 valence electrons. The van der Waals surface area contributed by atoms with E-state index in [1.54, 1.807) is 10.9 Å². The van der Waals surface area contributed by atoms with Crippen molar-refractivity contribution >= 4 is 22.6 Å². The summed E-state index contributed by atoms with van der Waals surface area (Å²) < 4.78 is 7.33. The number of nitrogens with zero attached hydrogens (tertiary/aromatic N) is 4. The van der Waals surface area contributed by atoms with E-state index >= 15 is 0 Å². The van der Waals surface area contributed by atoms with Crippen LogP contribution in [0.5, 0.6) is 0 Å². The van der Waals surface area contributed by atoms with Gasteiger partial charge in [0.1, 0.15) is 11.8 Å². The predicted octanol–water partition coefficient (Wildman–Crippen LogP) is 3.89. The van der Waals surface area contributed by atoms with Gasteiger partial charge in [-0.2, -0.15) is 5.10 Å². The van der Waals surface area contributed by atoms with Gasteiger partial charge in [0.2, 0.25) is 0 Å². The Bertz CT molecular complexity index is 570. The highest BCUT2D eigenvalue weighted by Crippen LogP contribution is 2.19. The minimum absolute atomic E-state index is 0.399. The Morgan fingerprint density at radius 2 is 1.90 bits per heavy atom. The quantitative estimate of drug-likeness (QED) is 0.521. The molecule has 0 unspecified atom stereocenters. The highest BCUT2D eigenvalue weighted by molar-refractivity contribution is 6.33. The molecule has 2 aromatic rings. The van der Waals surface area contributed by atoms with Crippen LogP contribution < -0.4 is 0 Å². The summed E-state index contributed by atoms with van der Waals surface area (Å²) >= 11 is 6.13. The summed E-state index contributed by atoms with van der Waals surface area (Å²) in [5.41, 5.74) is 0.744. The molecular weight excluding hydrogens is 288 g/mol. The topological polar surface area (TPSA) is 52.8 Å². The van der Waals surface area contributed by atoms with Gasteiger partial charge in [-0.1, -0.05) is 50.6 Å². The Morgan fingerprint density at radius 1 is 1.14 bits per heavy atom. The highest BCUT2D eigenvalue weighted by atomic mass is 35.5. The van der Waals surface area contributed by atoms with E-state index in [9.17, 15) is 0 Å². The summed E-state index contributed by atoms with van der Waals surface area (Å²) in [4.78, 5) is 8.68. The number of aryl methyl sites for hydroxylation is 1. The summed E-state index contributed by atoms with van der Waals surface area (Å²) in [7, 11) is 1.84. The maximum atomic E-state index is 6.13. The van der Waals surface area contributed by atoms with E-state index in [1.807, 2.05) is 7.05 Å². The van der Waals surface area contributed by atoms with Gasteiger partial charge in [-0.25, -0.2) is 9.97 Å². The first kappa shape index (κ1) is 16.2. The first-order valence-corrected chi connectivity index (χ1v) is 8.02. The Labute approximate surface area is 130 Å². The fourth-order valence-corrected chi connectivity index (χ4v) is 2.47. The molecule has 0 aliphatic carbocycles. The molecule has 0 saturated carbocycles. The first-order chi connectivity index (χ1) is 10.2. The van der Waals surface area contributed by atoms with Gasteiger partial charge in [-0.3, -0.25) is 4.68 Å². The smallest absolute Gasteiger partial charge is 0.162 e. The summed E-state index contributed by atoms with van der Waals surface area (Å²) in [6, 6.07) is 0. The van der Waals surface area contributed by atoms with E-state index in [4.69, 9.17) is 16.3 Å². The molecule has 2 aromatic heterocycles. The monoisotopic (exact) mass is 310 g/mol. The lowest BCUT2D eigenvalue weighted by Gasteiger charge is -2.05. The van der Waals surface area contributed by atoms with Crippen LogP contribution >= 0.6 is 11.6 Å². The standard InChI is InChI=1S/C15H23ClN4O/c1-3-4-5-6-7-8-9-21-11-13-18-14(16)12-10-17-20(2)15(12)19-13/h10H,3-9,11H2,1-2H3. The molecule has 0 aromatic carbocycles. The van der Waals surface area contributed by atoms with Gasteiger partial charge >= 0.3 is 0 Å². The summed E-state index contributed by atoms with van der Waals surface area (Å²) in [5, 5.41) is 5.34. The van der Waals surface area contributed by atoms with Crippen LogP contribution in [-0.4, -0.2) is 26.4 Å². The Balaban J connectivity index is 1.75. The molecule has 0 amide bonds. The molecule has 2 rings (SSSR count). The maximum absolute atomic E-state index is 6.13. The third-order valence-electron chi connectivity index (χ3n) is 3.47. The zero-order valence-electron chi connectivity index (χ0n) is 12.8. The minimum Gasteiger partial charge on any atom is -0.373 e. The van der Waals surface area contributed by atoms with Crippen LogP contribution in [0.4, 0.5) is 0 Å². The lowest BCUT2D eigenvalue weighted by atomic mass is 10.1. The van der Waals surface area contributed by atoms with E-state index in [0.29, 0.717) is 17.6 Å². The second-order valence-corrected chi connectivity index (χ2v) is 5.61. The van der Waals surface area contributed by atoms with Gasteiger partial charge < -0.3 is 4.74 Å². The average Bonchev–Trinajstić information content (AvgIpc) is 2.84. The fourth-order valence-electron chi connectivity index (χ4n) is 2.24. The number of hydrogen-bond donors (Lipinski definition) is 0. The first-order valence-electron chi connectivity index (χ1n) is 7.64. The van der Waals surface area contributed by atoms with Crippen LogP contribution in [0, 0.1) is 0 Å². The number of unbranched alkanes of at least 4 members (excludes halogenated alkanes) is 5. The maximum Gasteiger partial charge on any atom is 0.162 e. The molecule has 0 spiro atoms. The fraction of sp³-hybridized carbons (Fsp3) is 0.667. The van der Waals surface area contributed by atoms with Gasteiger partial charge in [-0.15, -0.1) is 0 Å².